The van der Waals surface area contributed by atoms with Crippen molar-refractivity contribution in [3.63, 3.8) is 0 Å². The molecule has 0 atom stereocenters. The third kappa shape index (κ3) is 2.28. The molecule has 92 valence electrons. The predicted octanol–water partition coefficient (Wildman–Crippen LogP) is 3.63. The van der Waals surface area contributed by atoms with E-state index in [4.69, 9.17) is 0 Å². The first-order valence-electron chi connectivity index (χ1n) is 6.41. The van der Waals surface area contributed by atoms with Crippen molar-refractivity contribution in [2.24, 2.45) is 5.41 Å². The minimum Gasteiger partial charge on any atom is -0.381 e. The van der Waals surface area contributed by atoms with Crippen molar-refractivity contribution in [3.05, 3.63) is 16.7 Å². The smallest absolute Gasteiger partial charge is 0.149 e. The fraction of sp³-hybridized carbons (Fsp3) is 0.615. The highest BCUT2D eigenvalue weighted by atomic mass is 79.9. The van der Waals surface area contributed by atoms with Gasteiger partial charge in [0.05, 0.1) is 5.69 Å². The molecule has 1 fully saturated rings. The molecule has 0 saturated heterocycles. The van der Waals surface area contributed by atoms with Crippen molar-refractivity contribution in [2.75, 3.05) is 23.7 Å². The van der Waals surface area contributed by atoms with Gasteiger partial charge in [-0.3, -0.25) is 0 Å². The normalized spacial score (nSPS) is 22.2. The van der Waals surface area contributed by atoms with Gasteiger partial charge in [0.25, 0.3) is 0 Å². The van der Waals surface area contributed by atoms with E-state index in [2.05, 4.69) is 37.6 Å². The molecule has 1 saturated carbocycles. The molecule has 1 aliphatic heterocycles. The number of nitrogens with one attached hydrogen (secondary N) is 2. The maximum absolute atomic E-state index is 4.44. The van der Waals surface area contributed by atoms with Crippen LogP contribution in [-0.2, 0) is 0 Å². The first-order chi connectivity index (χ1) is 8.27. The van der Waals surface area contributed by atoms with Crippen LogP contribution >= 0.6 is 15.9 Å². The molecule has 3 nitrogen and oxygen atoms in total. The quantitative estimate of drug-likeness (QED) is 0.767. The topological polar surface area (TPSA) is 37.0 Å². The van der Waals surface area contributed by atoms with E-state index >= 15 is 0 Å². The Morgan fingerprint density at radius 1 is 1.12 bits per heavy atom. The van der Waals surface area contributed by atoms with E-state index in [0.717, 1.165) is 29.1 Å². The molecular weight excluding hydrogens is 278 g/mol. The summed E-state index contributed by atoms with van der Waals surface area (Å²) < 4.78 is 1.03. The Kier molecular flexibility index (Phi) is 2.99. The maximum atomic E-state index is 4.44. The number of hydrogen-bond acceptors (Lipinski definition) is 3. The molecule has 4 heteroatoms. The van der Waals surface area contributed by atoms with Crippen LogP contribution < -0.4 is 10.6 Å². The summed E-state index contributed by atoms with van der Waals surface area (Å²) in [6, 6.07) is 2.11. The van der Waals surface area contributed by atoms with Crippen LogP contribution in [0.1, 0.15) is 32.1 Å². The van der Waals surface area contributed by atoms with Crippen LogP contribution in [0.25, 0.3) is 0 Å². The number of nitrogens with zero attached hydrogens (tertiary/aromatic N) is 1. The van der Waals surface area contributed by atoms with Gasteiger partial charge in [0.1, 0.15) is 5.82 Å². The first-order valence-corrected chi connectivity index (χ1v) is 7.20. The second kappa shape index (κ2) is 4.48. The van der Waals surface area contributed by atoms with E-state index in [1.807, 2.05) is 6.20 Å². The summed E-state index contributed by atoms with van der Waals surface area (Å²) in [6.07, 6.45) is 8.67. The van der Waals surface area contributed by atoms with E-state index in [9.17, 15) is 0 Å². The van der Waals surface area contributed by atoms with Gasteiger partial charge in [-0.2, -0.15) is 0 Å². The molecule has 1 aromatic heterocycles. The molecule has 1 aliphatic carbocycles. The molecular formula is C13H18BrN3. The van der Waals surface area contributed by atoms with Crippen LogP contribution in [0.5, 0.6) is 0 Å². The summed E-state index contributed by atoms with van der Waals surface area (Å²) >= 11 is 3.47. The van der Waals surface area contributed by atoms with Gasteiger partial charge >= 0.3 is 0 Å². The predicted molar refractivity (Wildman–Crippen MR) is 74.4 cm³/mol. The average Bonchev–Trinajstić information content (AvgIpc) is 2.52. The monoisotopic (exact) mass is 295 g/mol. The number of pyridine rings is 1. The Labute approximate surface area is 111 Å². The van der Waals surface area contributed by atoms with E-state index in [1.54, 1.807) is 0 Å². The number of anilines is 2. The Morgan fingerprint density at radius 2 is 1.88 bits per heavy atom. The lowest BCUT2D eigenvalue weighted by Gasteiger charge is -2.36. The van der Waals surface area contributed by atoms with Crippen molar-refractivity contribution >= 4 is 27.4 Å². The zero-order valence-electron chi connectivity index (χ0n) is 9.93. The van der Waals surface area contributed by atoms with Crippen molar-refractivity contribution in [1.82, 2.24) is 4.98 Å². The van der Waals surface area contributed by atoms with Crippen LogP contribution in [-0.4, -0.2) is 18.1 Å². The molecule has 2 heterocycles. The molecule has 2 aliphatic rings. The van der Waals surface area contributed by atoms with Crippen LogP contribution in [0, 0.1) is 5.41 Å². The van der Waals surface area contributed by atoms with Gasteiger partial charge in [0, 0.05) is 29.2 Å². The fourth-order valence-electron chi connectivity index (χ4n) is 2.99. The SMILES string of the molecule is Brc1cnc2c(c1)NCC1(CCCCC1)CN2. The highest BCUT2D eigenvalue weighted by Crippen LogP contribution is 2.39. The zero-order valence-corrected chi connectivity index (χ0v) is 11.5. The minimum absolute atomic E-state index is 0.436. The number of rotatable bonds is 0. The largest absolute Gasteiger partial charge is 0.381 e. The summed E-state index contributed by atoms with van der Waals surface area (Å²) in [5, 5.41) is 7.09. The van der Waals surface area contributed by atoms with Gasteiger partial charge in [-0.15, -0.1) is 0 Å². The summed E-state index contributed by atoms with van der Waals surface area (Å²) in [6.45, 7) is 2.13. The van der Waals surface area contributed by atoms with Crippen LogP contribution in [0.2, 0.25) is 0 Å². The Balaban J connectivity index is 1.82. The van der Waals surface area contributed by atoms with Crippen molar-refractivity contribution in [2.45, 2.75) is 32.1 Å². The van der Waals surface area contributed by atoms with Gasteiger partial charge in [-0.05, 0) is 34.8 Å². The van der Waals surface area contributed by atoms with Crippen LogP contribution in [0.15, 0.2) is 16.7 Å². The van der Waals surface area contributed by atoms with Crippen molar-refractivity contribution in [3.8, 4) is 0 Å². The average molecular weight is 296 g/mol. The first kappa shape index (κ1) is 11.3. The molecule has 0 unspecified atom stereocenters. The van der Waals surface area contributed by atoms with Gasteiger partial charge in [0.2, 0.25) is 0 Å². The molecule has 0 bridgehead atoms. The number of aromatic nitrogens is 1. The third-order valence-corrected chi connectivity index (χ3v) is 4.49. The fourth-order valence-corrected chi connectivity index (χ4v) is 3.32. The van der Waals surface area contributed by atoms with Gasteiger partial charge in [0.15, 0.2) is 0 Å². The Bertz CT molecular complexity index is 413. The lowest BCUT2D eigenvalue weighted by molar-refractivity contribution is 0.224. The van der Waals surface area contributed by atoms with Gasteiger partial charge < -0.3 is 10.6 Å². The summed E-state index contributed by atoms with van der Waals surface area (Å²) in [5.74, 6) is 0.996. The van der Waals surface area contributed by atoms with Crippen LogP contribution in [0.4, 0.5) is 11.5 Å². The number of hydrogen-bond donors (Lipinski definition) is 2. The number of halogens is 1. The lowest BCUT2D eigenvalue weighted by atomic mass is 9.74. The third-order valence-electron chi connectivity index (χ3n) is 4.05. The molecule has 3 rings (SSSR count). The Hall–Kier alpha value is -0.770. The molecule has 17 heavy (non-hydrogen) atoms. The summed E-state index contributed by atoms with van der Waals surface area (Å²) in [4.78, 5) is 4.44. The molecule has 0 amide bonds. The highest BCUT2D eigenvalue weighted by Gasteiger charge is 2.33. The molecule has 1 spiro atoms. The van der Waals surface area contributed by atoms with Gasteiger partial charge in [-0.1, -0.05) is 19.3 Å². The second-order valence-corrected chi connectivity index (χ2v) is 6.23. The zero-order chi connectivity index (χ0) is 11.7. The van der Waals surface area contributed by atoms with Crippen molar-refractivity contribution < 1.29 is 0 Å². The summed E-state index contributed by atoms with van der Waals surface area (Å²) in [5.41, 5.74) is 1.56. The van der Waals surface area contributed by atoms with E-state index in [-0.39, 0.29) is 0 Å². The maximum Gasteiger partial charge on any atom is 0.149 e. The minimum atomic E-state index is 0.436. The van der Waals surface area contributed by atoms with Crippen molar-refractivity contribution in [1.29, 1.82) is 0 Å². The molecule has 2 N–H and O–H groups in total. The second-order valence-electron chi connectivity index (χ2n) is 5.32. The molecule has 1 aromatic rings. The van der Waals surface area contributed by atoms with Gasteiger partial charge in [-0.25, -0.2) is 4.98 Å². The van der Waals surface area contributed by atoms with E-state index in [1.165, 1.54) is 32.1 Å². The number of fused-ring (bicyclic) bond motifs is 1. The standard InChI is InChI=1S/C13H18BrN3/c14-10-6-11-12(15-7-10)17-9-13(8-16-11)4-2-1-3-5-13/h6-7,16H,1-5,8-9H2,(H,15,17). The molecule has 0 aromatic carbocycles. The van der Waals surface area contributed by atoms with E-state index in [0.29, 0.717) is 5.41 Å². The summed E-state index contributed by atoms with van der Waals surface area (Å²) in [7, 11) is 0. The van der Waals surface area contributed by atoms with E-state index < -0.39 is 0 Å². The Morgan fingerprint density at radius 3 is 2.71 bits per heavy atom. The molecule has 0 radical (unpaired) electrons. The van der Waals surface area contributed by atoms with Crippen LogP contribution in [0.3, 0.4) is 0 Å². The lowest BCUT2D eigenvalue weighted by Crippen LogP contribution is -2.36. The highest BCUT2D eigenvalue weighted by molar-refractivity contribution is 9.10.